The molecule has 1 aliphatic rings. The number of nitrogens with zero attached hydrogens (tertiary/aromatic N) is 1. The zero-order valence-electron chi connectivity index (χ0n) is 13.0. The summed E-state index contributed by atoms with van der Waals surface area (Å²) < 4.78 is 0. The SMILES string of the molecule is CCCN1CCCC(CN)(Nc2ccccc2C)CC1. The zero-order valence-corrected chi connectivity index (χ0v) is 13.0. The summed E-state index contributed by atoms with van der Waals surface area (Å²) in [4.78, 5) is 2.58. The molecule has 1 unspecified atom stereocenters. The second-order valence-corrected chi connectivity index (χ2v) is 6.12. The van der Waals surface area contributed by atoms with Gasteiger partial charge < -0.3 is 16.0 Å². The molecule has 1 fully saturated rings. The number of benzene rings is 1. The van der Waals surface area contributed by atoms with E-state index in [2.05, 4.69) is 48.3 Å². The van der Waals surface area contributed by atoms with E-state index < -0.39 is 0 Å². The van der Waals surface area contributed by atoms with E-state index in [1.165, 1.54) is 37.2 Å². The molecule has 1 aromatic rings. The van der Waals surface area contributed by atoms with Crippen LogP contribution in [-0.2, 0) is 0 Å². The third-order valence-corrected chi connectivity index (χ3v) is 4.51. The second kappa shape index (κ2) is 7.09. The number of likely N-dealkylation sites (tertiary alicyclic amines) is 1. The molecular weight excluding hydrogens is 246 g/mol. The molecule has 1 aromatic carbocycles. The Balaban J connectivity index is 2.08. The van der Waals surface area contributed by atoms with Crippen LogP contribution in [0.3, 0.4) is 0 Å². The summed E-state index contributed by atoms with van der Waals surface area (Å²) in [6.07, 6.45) is 4.77. The van der Waals surface area contributed by atoms with Gasteiger partial charge in [-0.3, -0.25) is 0 Å². The first-order valence-electron chi connectivity index (χ1n) is 7.95. The summed E-state index contributed by atoms with van der Waals surface area (Å²) in [6, 6.07) is 8.51. The first-order chi connectivity index (χ1) is 9.69. The molecule has 1 saturated heterocycles. The van der Waals surface area contributed by atoms with Gasteiger partial charge >= 0.3 is 0 Å². The Morgan fingerprint density at radius 1 is 1.25 bits per heavy atom. The van der Waals surface area contributed by atoms with E-state index >= 15 is 0 Å². The minimum absolute atomic E-state index is 0.0641. The maximum Gasteiger partial charge on any atom is 0.0508 e. The Hall–Kier alpha value is -1.06. The van der Waals surface area contributed by atoms with Gasteiger partial charge in [-0.2, -0.15) is 0 Å². The van der Waals surface area contributed by atoms with Gasteiger partial charge in [-0.05, 0) is 57.3 Å². The molecule has 1 aliphatic heterocycles. The number of nitrogens with one attached hydrogen (secondary N) is 1. The zero-order chi connectivity index (χ0) is 14.4. The minimum atomic E-state index is 0.0641. The number of anilines is 1. The highest BCUT2D eigenvalue weighted by Crippen LogP contribution is 2.28. The van der Waals surface area contributed by atoms with Crippen molar-refractivity contribution >= 4 is 5.69 Å². The smallest absolute Gasteiger partial charge is 0.0508 e. The summed E-state index contributed by atoms with van der Waals surface area (Å²) in [6.45, 7) is 8.71. The van der Waals surface area contributed by atoms with Gasteiger partial charge in [0.05, 0.1) is 5.54 Å². The Morgan fingerprint density at radius 3 is 2.75 bits per heavy atom. The predicted molar refractivity (Wildman–Crippen MR) is 87.2 cm³/mol. The first-order valence-corrected chi connectivity index (χ1v) is 7.95. The molecule has 0 amide bonds. The molecule has 0 aromatic heterocycles. The van der Waals surface area contributed by atoms with Crippen molar-refractivity contribution in [2.24, 2.45) is 5.73 Å². The van der Waals surface area contributed by atoms with Crippen molar-refractivity contribution in [3.8, 4) is 0 Å². The van der Waals surface area contributed by atoms with Gasteiger partial charge in [0.15, 0.2) is 0 Å². The fourth-order valence-corrected chi connectivity index (χ4v) is 3.17. The molecule has 3 nitrogen and oxygen atoms in total. The quantitative estimate of drug-likeness (QED) is 0.868. The van der Waals surface area contributed by atoms with Crippen molar-refractivity contribution < 1.29 is 0 Å². The van der Waals surface area contributed by atoms with Gasteiger partial charge in [0.2, 0.25) is 0 Å². The van der Waals surface area contributed by atoms with Crippen molar-refractivity contribution in [3.63, 3.8) is 0 Å². The van der Waals surface area contributed by atoms with Crippen LogP contribution in [0.15, 0.2) is 24.3 Å². The molecule has 1 atom stereocenters. The monoisotopic (exact) mass is 275 g/mol. The number of aryl methyl sites for hydroxylation is 1. The van der Waals surface area contributed by atoms with Crippen LogP contribution in [0.25, 0.3) is 0 Å². The Morgan fingerprint density at radius 2 is 2.05 bits per heavy atom. The number of rotatable bonds is 5. The normalized spacial score (nSPS) is 24.4. The molecule has 0 spiro atoms. The second-order valence-electron chi connectivity index (χ2n) is 6.12. The van der Waals surface area contributed by atoms with Crippen molar-refractivity contribution in [3.05, 3.63) is 29.8 Å². The van der Waals surface area contributed by atoms with E-state index in [9.17, 15) is 0 Å². The third kappa shape index (κ3) is 3.74. The fraction of sp³-hybridized carbons (Fsp3) is 0.647. The maximum absolute atomic E-state index is 6.14. The average molecular weight is 275 g/mol. The van der Waals surface area contributed by atoms with Crippen molar-refractivity contribution in [2.75, 3.05) is 31.5 Å². The van der Waals surface area contributed by atoms with E-state index in [4.69, 9.17) is 5.73 Å². The molecule has 0 saturated carbocycles. The van der Waals surface area contributed by atoms with E-state index in [0.29, 0.717) is 6.54 Å². The van der Waals surface area contributed by atoms with Crippen LogP contribution in [0, 0.1) is 6.92 Å². The molecule has 3 heteroatoms. The predicted octanol–water partition coefficient (Wildman–Crippen LogP) is 3.00. The van der Waals surface area contributed by atoms with Crippen molar-refractivity contribution in [1.29, 1.82) is 0 Å². The van der Waals surface area contributed by atoms with Gasteiger partial charge in [-0.1, -0.05) is 25.1 Å². The molecule has 0 radical (unpaired) electrons. The van der Waals surface area contributed by atoms with Crippen molar-refractivity contribution in [1.82, 2.24) is 4.90 Å². The van der Waals surface area contributed by atoms with Gasteiger partial charge in [0.1, 0.15) is 0 Å². The minimum Gasteiger partial charge on any atom is -0.378 e. The van der Waals surface area contributed by atoms with Gasteiger partial charge in [-0.25, -0.2) is 0 Å². The topological polar surface area (TPSA) is 41.3 Å². The number of nitrogens with two attached hydrogens (primary N) is 1. The van der Waals surface area contributed by atoms with E-state index in [-0.39, 0.29) is 5.54 Å². The van der Waals surface area contributed by atoms with Crippen LogP contribution in [-0.4, -0.2) is 36.6 Å². The van der Waals surface area contributed by atoms with Crippen molar-refractivity contribution in [2.45, 2.75) is 45.1 Å². The molecule has 2 rings (SSSR count). The average Bonchev–Trinajstić information content (AvgIpc) is 2.66. The number of hydrogen-bond acceptors (Lipinski definition) is 3. The number of hydrogen-bond donors (Lipinski definition) is 2. The van der Waals surface area contributed by atoms with E-state index in [0.717, 1.165) is 19.4 Å². The summed E-state index contributed by atoms with van der Waals surface area (Å²) in [5.74, 6) is 0. The van der Waals surface area contributed by atoms with E-state index in [1.54, 1.807) is 0 Å². The lowest BCUT2D eigenvalue weighted by atomic mass is 9.90. The molecule has 20 heavy (non-hydrogen) atoms. The Bertz CT molecular complexity index is 418. The molecular formula is C17H29N3. The van der Waals surface area contributed by atoms with Crippen LogP contribution in [0.2, 0.25) is 0 Å². The highest BCUT2D eigenvalue weighted by molar-refractivity contribution is 5.52. The standard InChI is InChI=1S/C17H29N3/c1-3-11-20-12-6-9-17(14-18,10-13-20)19-16-8-5-4-7-15(16)2/h4-5,7-8,19H,3,6,9-14,18H2,1-2H3. The summed E-state index contributed by atoms with van der Waals surface area (Å²) >= 11 is 0. The van der Waals surface area contributed by atoms with E-state index in [1.807, 2.05) is 0 Å². The Kier molecular flexibility index (Phi) is 5.44. The molecule has 3 N–H and O–H groups in total. The highest BCUT2D eigenvalue weighted by atomic mass is 15.1. The molecule has 0 bridgehead atoms. The maximum atomic E-state index is 6.14. The van der Waals surface area contributed by atoms with Gasteiger partial charge in [0, 0.05) is 18.8 Å². The molecule has 1 heterocycles. The summed E-state index contributed by atoms with van der Waals surface area (Å²) in [7, 11) is 0. The first kappa shape index (κ1) is 15.3. The lowest BCUT2D eigenvalue weighted by Gasteiger charge is -2.34. The van der Waals surface area contributed by atoms with Crippen LogP contribution in [0.4, 0.5) is 5.69 Å². The third-order valence-electron chi connectivity index (χ3n) is 4.51. The Labute approximate surface area is 123 Å². The number of para-hydroxylation sites is 1. The fourth-order valence-electron chi connectivity index (χ4n) is 3.17. The lowest BCUT2D eigenvalue weighted by Crippen LogP contribution is -2.46. The van der Waals surface area contributed by atoms with Crippen LogP contribution < -0.4 is 11.1 Å². The lowest BCUT2D eigenvalue weighted by molar-refractivity contribution is 0.279. The van der Waals surface area contributed by atoms with Gasteiger partial charge in [0.25, 0.3) is 0 Å². The van der Waals surface area contributed by atoms with Crippen LogP contribution >= 0.6 is 0 Å². The summed E-state index contributed by atoms with van der Waals surface area (Å²) in [5, 5.41) is 3.76. The molecule has 112 valence electrons. The highest BCUT2D eigenvalue weighted by Gasteiger charge is 2.31. The van der Waals surface area contributed by atoms with Crippen LogP contribution in [0.5, 0.6) is 0 Å². The van der Waals surface area contributed by atoms with Gasteiger partial charge in [-0.15, -0.1) is 0 Å². The van der Waals surface area contributed by atoms with Crippen LogP contribution in [0.1, 0.15) is 38.2 Å². The largest absolute Gasteiger partial charge is 0.378 e. The summed E-state index contributed by atoms with van der Waals surface area (Å²) in [5.41, 5.74) is 8.75. The molecule has 0 aliphatic carbocycles.